The van der Waals surface area contributed by atoms with Crippen molar-refractivity contribution in [2.45, 2.75) is 25.4 Å². The van der Waals surface area contributed by atoms with Gasteiger partial charge in [-0.05, 0) is 31.4 Å². The Bertz CT molecular complexity index is 996. The molecule has 1 N–H and O–H groups in total. The van der Waals surface area contributed by atoms with Gasteiger partial charge in [-0.2, -0.15) is 13.2 Å². The molecule has 2 aliphatic heterocycles. The highest BCUT2D eigenvalue weighted by atomic mass is 19.4. The van der Waals surface area contributed by atoms with Crippen molar-refractivity contribution >= 4 is 23.5 Å². The minimum Gasteiger partial charge on any atom is -0.475 e. The zero-order chi connectivity index (χ0) is 23.5. The van der Waals surface area contributed by atoms with Crippen molar-refractivity contribution in [3.8, 4) is 0 Å². The summed E-state index contributed by atoms with van der Waals surface area (Å²) in [5.41, 5.74) is 0.317. The van der Waals surface area contributed by atoms with Crippen LogP contribution in [-0.4, -0.2) is 73.3 Å². The molecular weight excluding hydrogens is 433 g/mol. The number of hydrogen-bond acceptors (Lipinski definition) is 6. The summed E-state index contributed by atoms with van der Waals surface area (Å²) in [4.78, 5) is 46.3. The lowest BCUT2D eigenvalue weighted by Gasteiger charge is -2.38. The molecule has 0 bridgehead atoms. The maximum absolute atomic E-state index is 13.1. The maximum atomic E-state index is 13.1. The van der Waals surface area contributed by atoms with Crippen LogP contribution in [0.3, 0.4) is 0 Å². The van der Waals surface area contributed by atoms with Gasteiger partial charge in [-0.15, -0.1) is 5.10 Å². The number of amides is 2. The molecule has 10 nitrogen and oxygen atoms in total. The van der Waals surface area contributed by atoms with Gasteiger partial charge in [-0.3, -0.25) is 19.3 Å². The minimum absolute atomic E-state index is 0.0898. The quantitative estimate of drug-likeness (QED) is 0.730. The number of pyridine rings is 1. The monoisotopic (exact) mass is 454 g/mol. The minimum atomic E-state index is -5.08. The van der Waals surface area contributed by atoms with Crippen LogP contribution in [0, 0.1) is 5.41 Å². The Kier molecular flexibility index (Phi) is 6.46. The molecule has 13 heteroatoms. The van der Waals surface area contributed by atoms with Gasteiger partial charge in [-0.1, -0.05) is 0 Å². The number of rotatable bonds is 2. The first-order valence-corrected chi connectivity index (χ1v) is 9.70. The van der Waals surface area contributed by atoms with Crippen molar-refractivity contribution in [2.24, 2.45) is 12.5 Å². The summed E-state index contributed by atoms with van der Waals surface area (Å²) < 4.78 is 33.2. The van der Waals surface area contributed by atoms with E-state index in [4.69, 9.17) is 9.90 Å². The number of piperidine rings is 1. The Morgan fingerprint density at radius 3 is 2.50 bits per heavy atom. The number of nitrogens with zero attached hydrogens (tertiary/aromatic N) is 6. The van der Waals surface area contributed by atoms with Gasteiger partial charge in [-0.25, -0.2) is 9.78 Å². The average molecular weight is 454 g/mol. The number of likely N-dealkylation sites (tertiary alicyclic amines) is 1. The molecule has 1 spiro atoms. The second-order valence-electron chi connectivity index (χ2n) is 7.57. The lowest BCUT2D eigenvalue weighted by molar-refractivity contribution is -0.192. The van der Waals surface area contributed by atoms with Gasteiger partial charge >= 0.3 is 12.1 Å². The van der Waals surface area contributed by atoms with E-state index in [0.29, 0.717) is 19.6 Å². The highest BCUT2D eigenvalue weighted by Crippen LogP contribution is 2.41. The number of alkyl halides is 3. The number of aryl methyl sites for hydroxylation is 1. The molecule has 172 valence electrons. The van der Waals surface area contributed by atoms with Crippen LogP contribution in [0.2, 0.25) is 0 Å². The lowest BCUT2D eigenvalue weighted by atomic mass is 9.78. The molecule has 2 aromatic rings. The van der Waals surface area contributed by atoms with Crippen LogP contribution in [0.4, 0.5) is 18.9 Å². The largest absolute Gasteiger partial charge is 0.490 e. The predicted octanol–water partition coefficient (Wildman–Crippen LogP) is 1.50. The van der Waals surface area contributed by atoms with E-state index in [1.54, 1.807) is 29.2 Å². The van der Waals surface area contributed by atoms with Crippen LogP contribution >= 0.6 is 0 Å². The summed E-state index contributed by atoms with van der Waals surface area (Å²) in [6.45, 7) is 1.73. The molecule has 0 saturated carbocycles. The molecule has 1 atom stereocenters. The lowest BCUT2D eigenvalue weighted by Crippen LogP contribution is -2.50. The van der Waals surface area contributed by atoms with Crippen LogP contribution < -0.4 is 4.90 Å². The number of aromatic nitrogens is 4. The molecule has 32 heavy (non-hydrogen) atoms. The Morgan fingerprint density at radius 1 is 1.22 bits per heavy atom. The fourth-order valence-electron chi connectivity index (χ4n) is 3.84. The van der Waals surface area contributed by atoms with Crippen molar-refractivity contribution in [3.63, 3.8) is 0 Å². The summed E-state index contributed by atoms with van der Waals surface area (Å²) in [5.74, 6) is -2.68. The van der Waals surface area contributed by atoms with Crippen LogP contribution in [0.1, 0.15) is 29.9 Å². The van der Waals surface area contributed by atoms with Crippen molar-refractivity contribution < 1.29 is 32.7 Å². The van der Waals surface area contributed by atoms with Crippen LogP contribution in [0.25, 0.3) is 0 Å². The molecule has 0 radical (unpaired) electrons. The summed E-state index contributed by atoms with van der Waals surface area (Å²) >= 11 is 0. The summed E-state index contributed by atoms with van der Waals surface area (Å²) in [6.07, 6.45) is 2.20. The summed E-state index contributed by atoms with van der Waals surface area (Å²) in [6, 6.07) is 3.73. The van der Waals surface area contributed by atoms with Gasteiger partial charge in [0.2, 0.25) is 11.7 Å². The number of carbonyl (C=O) groups is 3. The highest BCUT2D eigenvalue weighted by molar-refractivity contribution is 6.00. The molecule has 4 heterocycles. The van der Waals surface area contributed by atoms with Gasteiger partial charge in [0.1, 0.15) is 6.33 Å². The van der Waals surface area contributed by atoms with E-state index in [-0.39, 0.29) is 17.6 Å². The Labute approximate surface area is 180 Å². The van der Waals surface area contributed by atoms with E-state index in [9.17, 15) is 22.8 Å². The second-order valence-corrected chi connectivity index (χ2v) is 7.57. The van der Waals surface area contributed by atoms with Crippen molar-refractivity contribution in [2.75, 3.05) is 24.5 Å². The zero-order valence-electron chi connectivity index (χ0n) is 17.1. The zero-order valence-corrected chi connectivity index (χ0v) is 17.1. The number of carboxylic acid groups (broad SMARTS) is 1. The number of halogens is 3. The van der Waals surface area contributed by atoms with Crippen molar-refractivity contribution in [3.05, 3.63) is 36.7 Å². The van der Waals surface area contributed by atoms with Crippen LogP contribution in [0.5, 0.6) is 0 Å². The molecule has 2 saturated heterocycles. The molecule has 1 unspecified atom stereocenters. The highest BCUT2D eigenvalue weighted by Gasteiger charge is 2.50. The predicted molar refractivity (Wildman–Crippen MR) is 103 cm³/mol. The van der Waals surface area contributed by atoms with Gasteiger partial charge in [0.15, 0.2) is 0 Å². The molecule has 4 rings (SSSR count). The first-order valence-electron chi connectivity index (χ1n) is 9.70. The third-order valence-electron chi connectivity index (χ3n) is 5.37. The fourth-order valence-corrected chi connectivity index (χ4v) is 3.84. The molecule has 2 amide bonds. The maximum Gasteiger partial charge on any atom is 0.490 e. The normalized spacial score (nSPS) is 20.8. The molecule has 2 aliphatic rings. The first kappa shape index (κ1) is 23.2. The van der Waals surface area contributed by atoms with Gasteiger partial charge < -0.3 is 14.9 Å². The molecule has 0 aromatic carbocycles. The number of carbonyl (C=O) groups excluding carboxylic acids is 2. The third-order valence-corrected chi connectivity index (χ3v) is 5.37. The fraction of sp³-hybridized carbons (Fsp3) is 0.474. The van der Waals surface area contributed by atoms with E-state index < -0.39 is 17.6 Å². The number of aliphatic carboxylic acids is 1. The number of carboxylic acids is 1. The third kappa shape index (κ3) is 4.86. The Hall–Kier alpha value is -3.51. The standard InChI is InChI=1S/C17H20N6O2.C2HF3O2/c1-21-12-19-14(20-21)15(24)22-8-3-5-17(11-22)6-9-23(16(17)25)13-4-2-7-18-10-13;3-2(4,5)1(6)7/h2,4,7,10,12H,3,5-6,8-9,11H2,1H3;(H,6,7). The van der Waals surface area contributed by atoms with Crippen LogP contribution in [0.15, 0.2) is 30.9 Å². The molecule has 0 aliphatic carbocycles. The summed E-state index contributed by atoms with van der Waals surface area (Å²) in [7, 11) is 1.73. The van der Waals surface area contributed by atoms with E-state index in [2.05, 4.69) is 15.1 Å². The number of hydrogen-bond donors (Lipinski definition) is 1. The second kappa shape index (κ2) is 8.93. The Balaban J connectivity index is 0.000000360. The van der Waals surface area contributed by atoms with Gasteiger partial charge in [0.05, 0.1) is 17.3 Å². The van der Waals surface area contributed by atoms with Crippen molar-refractivity contribution in [1.29, 1.82) is 0 Å². The van der Waals surface area contributed by atoms with Crippen LogP contribution in [-0.2, 0) is 16.6 Å². The average Bonchev–Trinajstić information content (AvgIpc) is 3.32. The molecule has 2 fully saturated rings. The SMILES string of the molecule is Cn1cnc(C(=O)N2CCCC3(CCN(c4cccnc4)C3=O)C2)n1.O=C(O)C(F)(F)F. The molecule has 2 aromatic heterocycles. The number of anilines is 1. The topological polar surface area (TPSA) is 122 Å². The summed E-state index contributed by atoms with van der Waals surface area (Å²) in [5, 5.41) is 11.2. The smallest absolute Gasteiger partial charge is 0.475 e. The van der Waals surface area contributed by atoms with E-state index >= 15 is 0 Å². The van der Waals surface area contributed by atoms with E-state index in [1.165, 1.54) is 11.0 Å². The van der Waals surface area contributed by atoms with E-state index in [1.807, 2.05) is 12.1 Å². The van der Waals surface area contributed by atoms with E-state index in [0.717, 1.165) is 24.9 Å². The van der Waals surface area contributed by atoms with Gasteiger partial charge in [0.25, 0.3) is 5.91 Å². The first-order chi connectivity index (χ1) is 15.0. The van der Waals surface area contributed by atoms with Crippen molar-refractivity contribution in [1.82, 2.24) is 24.6 Å². The van der Waals surface area contributed by atoms with Gasteiger partial charge in [0, 0.05) is 32.9 Å². The Morgan fingerprint density at radius 2 is 1.94 bits per heavy atom. The molecular formula is C19H21F3N6O4.